The van der Waals surface area contributed by atoms with Crippen LogP contribution in [0.3, 0.4) is 0 Å². The average molecular weight is 340 g/mol. The van der Waals surface area contributed by atoms with Gasteiger partial charge in [0.1, 0.15) is 0 Å². The third kappa shape index (κ3) is 3.12. The average Bonchev–Trinajstić information content (AvgIpc) is 2.88. The Morgan fingerprint density at radius 2 is 1.95 bits per heavy atom. The van der Waals surface area contributed by atoms with E-state index in [2.05, 4.69) is 34.2 Å². The van der Waals surface area contributed by atoms with Gasteiger partial charge in [0, 0.05) is 11.0 Å². The molecule has 1 aromatic rings. The van der Waals surface area contributed by atoms with Crippen LogP contribution >= 0.6 is 15.9 Å². The molecule has 1 N–H and O–H groups in total. The summed E-state index contributed by atoms with van der Waals surface area (Å²) in [6.07, 6.45) is 5.56. The quantitative estimate of drug-likeness (QED) is 0.895. The van der Waals surface area contributed by atoms with Crippen molar-refractivity contribution in [1.82, 2.24) is 5.32 Å². The van der Waals surface area contributed by atoms with Gasteiger partial charge in [0.15, 0.2) is 11.5 Å². The maximum absolute atomic E-state index is 5.44. The molecule has 1 aliphatic heterocycles. The maximum Gasteiger partial charge on any atom is 0.231 e. The lowest BCUT2D eigenvalue weighted by molar-refractivity contribution is 0.174. The summed E-state index contributed by atoms with van der Waals surface area (Å²) in [5.74, 6) is 3.38. The number of hydrogen-bond donors (Lipinski definition) is 1. The van der Waals surface area contributed by atoms with Crippen LogP contribution < -0.4 is 14.8 Å². The van der Waals surface area contributed by atoms with E-state index in [1.807, 2.05) is 6.07 Å². The molecule has 2 atom stereocenters. The van der Waals surface area contributed by atoms with Crippen LogP contribution in [0.15, 0.2) is 16.6 Å². The van der Waals surface area contributed by atoms with Gasteiger partial charge in [-0.05, 0) is 42.5 Å². The lowest BCUT2D eigenvalue weighted by atomic mass is 9.80. The molecule has 1 aliphatic carbocycles. The van der Waals surface area contributed by atoms with Crippen LogP contribution in [-0.2, 0) is 6.54 Å². The van der Waals surface area contributed by atoms with E-state index in [1.165, 1.54) is 31.2 Å². The van der Waals surface area contributed by atoms with Crippen LogP contribution in [0.25, 0.3) is 0 Å². The second kappa shape index (κ2) is 6.35. The number of nitrogens with one attached hydrogen (secondary N) is 1. The standard InChI is InChI=1S/C16H22BrNO2/c1-11-4-2-3-5-12(11)8-18-9-13-6-15-16(7-14(13)17)20-10-19-15/h6-7,11-12,18H,2-5,8-10H2,1H3. The van der Waals surface area contributed by atoms with Gasteiger partial charge in [-0.15, -0.1) is 0 Å². The van der Waals surface area contributed by atoms with Gasteiger partial charge >= 0.3 is 0 Å². The minimum absolute atomic E-state index is 0.332. The Balaban J connectivity index is 1.56. The Morgan fingerprint density at radius 3 is 2.75 bits per heavy atom. The van der Waals surface area contributed by atoms with Crippen molar-refractivity contribution in [3.63, 3.8) is 0 Å². The zero-order valence-corrected chi connectivity index (χ0v) is 13.5. The highest BCUT2D eigenvalue weighted by atomic mass is 79.9. The molecule has 0 amide bonds. The van der Waals surface area contributed by atoms with Crippen molar-refractivity contribution >= 4 is 15.9 Å². The predicted octanol–water partition coefficient (Wildman–Crippen LogP) is 4.09. The third-order valence-corrected chi connectivity index (χ3v) is 5.29. The molecule has 0 saturated heterocycles. The van der Waals surface area contributed by atoms with E-state index < -0.39 is 0 Å². The molecule has 1 fully saturated rings. The summed E-state index contributed by atoms with van der Waals surface area (Å²) in [6, 6.07) is 4.08. The number of hydrogen-bond acceptors (Lipinski definition) is 3. The van der Waals surface area contributed by atoms with Crippen molar-refractivity contribution in [3.05, 3.63) is 22.2 Å². The van der Waals surface area contributed by atoms with Crippen LogP contribution in [0.5, 0.6) is 11.5 Å². The Hall–Kier alpha value is -0.740. The third-order valence-electron chi connectivity index (χ3n) is 4.55. The molecule has 20 heavy (non-hydrogen) atoms. The van der Waals surface area contributed by atoms with E-state index in [4.69, 9.17) is 9.47 Å². The minimum Gasteiger partial charge on any atom is -0.454 e. The molecular formula is C16H22BrNO2. The Bertz CT molecular complexity index is 478. The van der Waals surface area contributed by atoms with Gasteiger partial charge in [-0.25, -0.2) is 0 Å². The van der Waals surface area contributed by atoms with E-state index in [9.17, 15) is 0 Å². The lowest BCUT2D eigenvalue weighted by Crippen LogP contribution is -2.29. The highest BCUT2D eigenvalue weighted by molar-refractivity contribution is 9.10. The second-order valence-corrected chi connectivity index (χ2v) is 6.80. The molecule has 0 spiro atoms. The normalized spacial score (nSPS) is 24.9. The van der Waals surface area contributed by atoms with Gasteiger partial charge in [-0.2, -0.15) is 0 Å². The van der Waals surface area contributed by atoms with Crippen LogP contribution in [0.2, 0.25) is 0 Å². The number of ether oxygens (including phenoxy) is 2. The first-order valence-electron chi connectivity index (χ1n) is 7.53. The Morgan fingerprint density at radius 1 is 1.20 bits per heavy atom. The lowest BCUT2D eigenvalue weighted by Gasteiger charge is -2.29. The molecule has 1 saturated carbocycles. The fourth-order valence-electron chi connectivity index (χ4n) is 3.18. The van der Waals surface area contributed by atoms with E-state index in [0.717, 1.165) is 40.9 Å². The summed E-state index contributed by atoms with van der Waals surface area (Å²) in [4.78, 5) is 0. The second-order valence-electron chi connectivity index (χ2n) is 5.95. The molecule has 0 bridgehead atoms. The molecule has 3 nitrogen and oxygen atoms in total. The summed E-state index contributed by atoms with van der Waals surface area (Å²) in [7, 11) is 0. The zero-order valence-electron chi connectivity index (χ0n) is 12.0. The van der Waals surface area contributed by atoms with Gasteiger partial charge in [0.2, 0.25) is 6.79 Å². The number of rotatable bonds is 4. The SMILES string of the molecule is CC1CCCCC1CNCc1cc2c(cc1Br)OCO2. The summed E-state index contributed by atoms with van der Waals surface area (Å²) >= 11 is 3.61. The number of halogens is 1. The van der Waals surface area contributed by atoms with E-state index >= 15 is 0 Å². The monoisotopic (exact) mass is 339 g/mol. The molecule has 2 aliphatic rings. The van der Waals surface area contributed by atoms with Crippen LogP contribution in [0, 0.1) is 11.8 Å². The highest BCUT2D eigenvalue weighted by Gasteiger charge is 2.21. The van der Waals surface area contributed by atoms with Crippen molar-refractivity contribution < 1.29 is 9.47 Å². The van der Waals surface area contributed by atoms with Crippen LogP contribution in [-0.4, -0.2) is 13.3 Å². The van der Waals surface area contributed by atoms with Crippen molar-refractivity contribution in [2.75, 3.05) is 13.3 Å². The van der Waals surface area contributed by atoms with Crippen LogP contribution in [0.4, 0.5) is 0 Å². The highest BCUT2D eigenvalue weighted by Crippen LogP contribution is 2.37. The first-order valence-corrected chi connectivity index (χ1v) is 8.32. The Kier molecular flexibility index (Phi) is 4.51. The van der Waals surface area contributed by atoms with Crippen molar-refractivity contribution in [3.8, 4) is 11.5 Å². The molecule has 1 aromatic carbocycles. The first kappa shape index (κ1) is 14.2. The first-order chi connectivity index (χ1) is 9.74. The predicted molar refractivity (Wildman–Crippen MR) is 83.1 cm³/mol. The van der Waals surface area contributed by atoms with Crippen molar-refractivity contribution in [2.24, 2.45) is 11.8 Å². The molecule has 110 valence electrons. The minimum atomic E-state index is 0.332. The molecule has 4 heteroatoms. The smallest absolute Gasteiger partial charge is 0.231 e. The summed E-state index contributed by atoms with van der Waals surface area (Å²) in [5, 5.41) is 3.61. The van der Waals surface area contributed by atoms with Crippen molar-refractivity contribution in [2.45, 2.75) is 39.2 Å². The van der Waals surface area contributed by atoms with Gasteiger partial charge in [-0.3, -0.25) is 0 Å². The maximum atomic E-state index is 5.44. The van der Waals surface area contributed by atoms with E-state index in [-0.39, 0.29) is 0 Å². The largest absolute Gasteiger partial charge is 0.454 e. The van der Waals surface area contributed by atoms with Gasteiger partial charge in [0.25, 0.3) is 0 Å². The van der Waals surface area contributed by atoms with E-state index in [0.29, 0.717) is 6.79 Å². The zero-order chi connectivity index (χ0) is 13.9. The molecule has 0 aromatic heterocycles. The summed E-state index contributed by atoms with van der Waals surface area (Å²) < 4.78 is 11.9. The van der Waals surface area contributed by atoms with Gasteiger partial charge in [0.05, 0.1) is 0 Å². The molecule has 2 unspecified atom stereocenters. The molecule has 0 radical (unpaired) electrons. The summed E-state index contributed by atoms with van der Waals surface area (Å²) in [6.45, 7) is 4.71. The van der Waals surface area contributed by atoms with E-state index in [1.54, 1.807) is 0 Å². The topological polar surface area (TPSA) is 30.5 Å². The fraction of sp³-hybridized carbons (Fsp3) is 0.625. The fourth-order valence-corrected chi connectivity index (χ4v) is 3.65. The van der Waals surface area contributed by atoms with Crippen LogP contribution in [0.1, 0.15) is 38.2 Å². The molecule has 1 heterocycles. The van der Waals surface area contributed by atoms with Crippen molar-refractivity contribution in [1.29, 1.82) is 0 Å². The molecule has 3 rings (SSSR count). The molecular weight excluding hydrogens is 318 g/mol. The van der Waals surface area contributed by atoms with Gasteiger partial charge < -0.3 is 14.8 Å². The van der Waals surface area contributed by atoms with Gasteiger partial charge in [-0.1, -0.05) is 42.1 Å². The number of fused-ring (bicyclic) bond motifs is 1. The number of benzene rings is 1. The Labute approximate surface area is 129 Å². The summed E-state index contributed by atoms with van der Waals surface area (Å²) in [5.41, 5.74) is 1.23.